The smallest absolute Gasteiger partial charge is 0.228 e. The van der Waals surface area contributed by atoms with E-state index < -0.39 is 0 Å². The average Bonchev–Trinajstić information content (AvgIpc) is 3.12. The highest BCUT2D eigenvalue weighted by molar-refractivity contribution is 7.10. The Morgan fingerprint density at radius 3 is 3.05 bits per heavy atom. The molecule has 21 heavy (non-hydrogen) atoms. The molecule has 1 N–H and O–H groups in total. The van der Waals surface area contributed by atoms with Crippen LogP contribution >= 0.6 is 11.3 Å². The van der Waals surface area contributed by atoms with Crippen LogP contribution in [0.5, 0.6) is 0 Å². The summed E-state index contributed by atoms with van der Waals surface area (Å²) in [6.07, 6.45) is 5.52. The van der Waals surface area contributed by atoms with Crippen LogP contribution in [0.25, 0.3) is 0 Å². The maximum absolute atomic E-state index is 12.6. The van der Waals surface area contributed by atoms with Crippen molar-refractivity contribution in [2.45, 2.75) is 57.6 Å². The second kappa shape index (κ2) is 6.49. The molecule has 1 aliphatic heterocycles. The van der Waals surface area contributed by atoms with Crippen LogP contribution in [0.3, 0.4) is 0 Å². The molecule has 0 spiro atoms. The second-order valence-corrected chi connectivity index (χ2v) is 7.73. The maximum Gasteiger partial charge on any atom is 0.228 e. The Bertz CT molecular complexity index is 473. The molecule has 1 aromatic rings. The highest BCUT2D eigenvalue weighted by Gasteiger charge is 2.40. The van der Waals surface area contributed by atoms with Crippen molar-refractivity contribution in [3.05, 3.63) is 22.4 Å². The second-order valence-electron chi connectivity index (χ2n) is 6.70. The lowest BCUT2D eigenvalue weighted by molar-refractivity contribution is -0.133. The van der Waals surface area contributed by atoms with E-state index >= 15 is 0 Å². The van der Waals surface area contributed by atoms with Gasteiger partial charge in [-0.3, -0.25) is 4.79 Å². The van der Waals surface area contributed by atoms with Crippen molar-refractivity contribution in [3.63, 3.8) is 0 Å². The van der Waals surface area contributed by atoms with Gasteiger partial charge in [-0.2, -0.15) is 0 Å². The summed E-state index contributed by atoms with van der Waals surface area (Å²) >= 11 is 1.65. The molecule has 4 atom stereocenters. The molecule has 1 aromatic heterocycles. The van der Waals surface area contributed by atoms with Crippen molar-refractivity contribution in [3.8, 4) is 0 Å². The number of likely N-dealkylation sites (tertiary alicyclic amines) is 1. The third kappa shape index (κ3) is 3.32. The fourth-order valence-electron chi connectivity index (χ4n) is 4.03. The molecule has 0 unspecified atom stereocenters. The first kappa shape index (κ1) is 15.0. The highest BCUT2D eigenvalue weighted by Crippen LogP contribution is 2.37. The van der Waals surface area contributed by atoms with Crippen molar-refractivity contribution in [2.24, 2.45) is 11.8 Å². The van der Waals surface area contributed by atoms with E-state index in [0.29, 0.717) is 12.3 Å². The van der Waals surface area contributed by atoms with Crippen LogP contribution in [-0.2, 0) is 11.2 Å². The first-order valence-electron chi connectivity index (χ1n) is 8.15. The van der Waals surface area contributed by atoms with E-state index in [1.54, 1.807) is 11.3 Å². The third-order valence-corrected chi connectivity index (χ3v) is 6.02. The summed E-state index contributed by atoms with van der Waals surface area (Å²) in [5.41, 5.74) is 0. The molecule has 2 fully saturated rings. The number of aliphatic hydroxyl groups is 1. The van der Waals surface area contributed by atoms with E-state index in [4.69, 9.17) is 0 Å². The zero-order chi connectivity index (χ0) is 14.8. The molecule has 0 radical (unpaired) electrons. The van der Waals surface area contributed by atoms with Crippen molar-refractivity contribution in [1.82, 2.24) is 4.90 Å². The summed E-state index contributed by atoms with van der Waals surface area (Å²) in [6.45, 7) is 3.14. The van der Waals surface area contributed by atoms with Gasteiger partial charge in [-0.05, 0) is 49.5 Å². The molecule has 2 heterocycles. The van der Waals surface area contributed by atoms with Crippen molar-refractivity contribution in [2.75, 3.05) is 6.54 Å². The van der Waals surface area contributed by atoms with Gasteiger partial charge in [0.2, 0.25) is 5.91 Å². The molecule has 116 valence electrons. The lowest BCUT2D eigenvalue weighted by atomic mass is 9.76. The van der Waals surface area contributed by atoms with Crippen molar-refractivity contribution < 1.29 is 9.90 Å². The van der Waals surface area contributed by atoms with Gasteiger partial charge < -0.3 is 10.0 Å². The van der Waals surface area contributed by atoms with Gasteiger partial charge in [-0.25, -0.2) is 0 Å². The number of hydrogen-bond acceptors (Lipinski definition) is 3. The van der Waals surface area contributed by atoms with Crippen LogP contribution in [0.1, 0.15) is 43.9 Å². The summed E-state index contributed by atoms with van der Waals surface area (Å²) in [6, 6.07) is 4.29. The Kier molecular flexibility index (Phi) is 4.65. The number of thiophene rings is 1. The zero-order valence-corrected chi connectivity index (χ0v) is 13.5. The molecule has 1 saturated carbocycles. The average molecular weight is 307 g/mol. The molecule has 0 aromatic carbocycles. The van der Waals surface area contributed by atoms with Gasteiger partial charge in [-0.15, -0.1) is 11.3 Å². The molecular formula is C17H25NO2S. The molecule has 1 aliphatic carbocycles. The number of nitrogens with zero attached hydrogens (tertiary/aromatic N) is 1. The topological polar surface area (TPSA) is 40.5 Å². The summed E-state index contributed by atoms with van der Waals surface area (Å²) in [5, 5.41) is 12.4. The van der Waals surface area contributed by atoms with Crippen molar-refractivity contribution >= 4 is 17.2 Å². The predicted octanol–water partition coefficient (Wildman–Crippen LogP) is 3.08. The molecule has 3 nitrogen and oxygen atoms in total. The van der Waals surface area contributed by atoms with Gasteiger partial charge in [-0.1, -0.05) is 13.0 Å². The fraction of sp³-hybridized carbons (Fsp3) is 0.706. The lowest BCUT2D eigenvalue weighted by Crippen LogP contribution is -2.46. The zero-order valence-electron chi connectivity index (χ0n) is 12.7. The largest absolute Gasteiger partial charge is 0.393 e. The van der Waals surface area contributed by atoms with Gasteiger partial charge in [0, 0.05) is 23.4 Å². The normalized spacial score (nSPS) is 33.3. The maximum atomic E-state index is 12.6. The van der Waals surface area contributed by atoms with Crippen LogP contribution in [0, 0.1) is 11.8 Å². The molecule has 2 aliphatic rings. The van der Waals surface area contributed by atoms with Crippen molar-refractivity contribution in [1.29, 1.82) is 0 Å². The molecule has 0 bridgehead atoms. The van der Waals surface area contributed by atoms with Gasteiger partial charge in [0.25, 0.3) is 0 Å². The van der Waals surface area contributed by atoms with E-state index in [0.717, 1.165) is 43.5 Å². The van der Waals surface area contributed by atoms with Crippen LogP contribution in [0.15, 0.2) is 17.5 Å². The Morgan fingerprint density at radius 2 is 2.29 bits per heavy atom. The third-order valence-electron chi connectivity index (χ3n) is 5.14. The quantitative estimate of drug-likeness (QED) is 0.932. The van der Waals surface area contributed by atoms with Crippen LogP contribution in [0.2, 0.25) is 0 Å². The summed E-state index contributed by atoms with van der Waals surface area (Å²) < 4.78 is 0. The molecule has 1 saturated heterocycles. The monoisotopic (exact) mass is 307 g/mol. The number of carbonyl (C=O) groups is 1. The Morgan fingerprint density at radius 1 is 1.43 bits per heavy atom. The predicted molar refractivity (Wildman–Crippen MR) is 85.3 cm³/mol. The fourth-order valence-corrected chi connectivity index (χ4v) is 4.73. The van der Waals surface area contributed by atoms with E-state index in [1.165, 1.54) is 0 Å². The van der Waals surface area contributed by atoms with Gasteiger partial charge >= 0.3 is 0 Å². The van der Waals surface area contributed by atoms with Gasteiger partial charge in [0.05, 0.1) is 12.5 Å². The number of rotatable bonds is 3. The number of hydrogen-bond donors (Lipinski definition) is 1. The Balaban J connectivity index is 1.68. The minimum Gasteiger partial charge on any atom is -0.393 e. The SMILES string of the molecule is C[C@@H]1CC[C@H](O)[C@@H]([C@H]2CCCN2C(=O)Cc2cccs2)C1. The highest BCUT2D eigenvalue weighted by atomic mass is 32.1. The minimum absolute atomic E-state index is 0.221. The number of carbonyl (C=O) groups excluding carboxylic acids is 1. The standard InChI is InChI=1S/C17H25NO2S/c1-12-6-7-16(19)14(10-12)15-5-2-8-18(15)17(20)11-13-4-3-9-21-13/h3-4,9,12,14-16,19H,2,5-8,10-11H2,1H3/t12-,14-,15-,16+/m1/s1. The van der Waals surface area contributed by atoms with E-state index in [9.17, 15) is 9.90 Å². The Hall–Kier alpha value is -0.870. The first-order valence-corrected chi connectivity index (χ1v) is 9.03. The number of amides is 1. The molecule has 3 rings (SSSR count). The van der Waals surface area contributed by atoms with Crippen LogP contribution in [-0.4, -0.2) is 34.6 Å². The van der Waals surface area contributed by atoms with Crippen LogP contribution < -0.4 is 0 Å². The molecule has 1 amide bonds. The number of aliphatic hydroxyl groups excluding tert-OH is 1. The van der Waals surface area contributed by atoms with Gasteiger partial charge in [0.15, 0.2) is 0 Å². The van der Waals surface area contributed by atoms with E-state index in [1.807, 2.05) is 17.5 Å². The summed E-state index contributed by atoms with van der Waals surface area (Å²) in [7, 11) is 0. The van der Waals surface area contributed by atoms with Gasteiger partial charge in [0.1, 0.15) is 0 Å². The van der Waals surface area contributed by atoms with E-state index in [-0.39, 0.29) is 24.0 Å². The molecular weight excluding hydrogens is 282 g/mol. The minimum atomic E-state index is -0.221. The lowest BCUT2D eigenvalue weighted by Gasteiger charge is -2.39. The summed E-state index contributed by atoms with van der Waals surface area (Å²) in [4.78, 5) is 15.8. The first-order chi connectivity index (χ1) is 10.1. The molecule has 4 heteroatoms. The van der Waals surface area contributed by atoms with E-state index in [2.05, 4.69) is 11.8 Å². The summed E-state index contributed by atoms with van der Waals surface area (Å²) in [5.74, 6) is 1.20. The van der Waals surface area contributed by atoms with Crippen LogP contribution in [0.4, 0.5) is 0 Å². The Labute approximate surface area is 131 Å².